The molecule has 4 heteroatoms. The number of hydrogen-bond acceptors (Lipinski definition) is 3. The van der Waals surface area contributed by atoms with Crippen LogP contribution in [-0.4, -0.2) is 16.4 Å². The summed E-state index contributed by atoms with van der Waals surface area (Å²) in [5.41, 5.74) is 6.37. The predicted octanol–water partition coefficient (Wildman–Crippen LogP) is 1.14. The maximum absolute atomic E-state index is 11.9. The van der Waals surface area contributed by atoms with Crippen LogP contribution >= 0.6 is 0 Å². The Kier molecular flexibility index (Phi) is 2.92. The van der Waals surface area contributed by atoms with Crippen molar-refractivity contribution in [3.63, 3.8) is 0 Å². The summed E-state index contributed by atoms with van der Waals surface area (Å²) >= 11 is 0. The van der Waals surface area contributed by atoms with Crippen molar-refractivity contribution in [3.8, 4) is 0 Å². The standard InChI is InChI=1S/C12H17N3O/c1-9(10-3-7-14-8-4-10)15-11(16)12(13)5-2-6-12/h3-4,7-9H,2,5-6,13H2,1H3,(H,15,16)/t9-/m1/s1. The van der Waals surface area contributed by atoms with Crippen LogP contribution in [0.3, 0.4) is 0 Å². The predicted molar refractivity (Wildman–Crippen MR) is 61.6 cm³/mol. The van der Waals surface area contributed by atoms with E-state index in [1.54, 1.807) is 12.4 Å². The van der Waals surface area contributed by atoms with Crippen LogP contribution in [0.2, 0.25) is 0 Å². The van der Waals surface area contributed by atoms with E-state index < -0.39 is 5.54 Å². The molecule has 0 aliphatic heterocycles. The molecule has 0 aromatic carbocycles. The third-order valence-corrected chi connectivity index (χ3v) is 3.25. The van der Waals surface area contributed by atoms with E-state index >= 15 is 0 Å². The number of carbonyl (C=O) groups excluding carboxylic acids is 1. The highest BCUT2D eigenvalue weighted by atomic mass is 16.2. The van der Waals surface area contributed by atoms with Crippen LogP contribution in [0.1, 0.15) is 37.8 Å². The van der Waals surface area contributed by atoms with Crippen molar-refractivity contribution in [2.75, 3.05) is 0 Å². The molecule has 0 bridgehead atoms. The Morgan fingerprint density at radius 3 is 2.62 bits per heavy atom. The van der Waals surface area contributed by atoms with E-state index in [1.165, 1.54) is 0 Å². The van der Waals surface area contributed by atoms with Gasteiger partial charge in [-0.2, -0.15) is 0 Å². The van der Waals surface area contributed by atoms with E-state index in [4.69, 9.17) is 5.73 Å². The number of nitrogens with one attached hydrogen (secondary N) is 1. The number of hydrogen-bond donors (Lipinski definition) is 2. The lowest BCUT2D eigenvalue weighted by Crippen LogP contribution is -2.58. The highest BCUT2D eigenvalue weighted by Crippen LogP contribution is 2.29. The number of amides is 1. The lowest BCUT2D eigenvalue weighted by molar-refractivity contribution is -0.129. The summed E-state index contributed by atoms with van der Waals surface area (Å²) in [6.45, 7) is 1.95. The second kappa shape index (κ2) is 4.22. The van der Waals surface area contributed by atoms with Crippen molar-refractivity contribution in [1.29, 1.82) is 0 Å². The third kappa shape index (κ3) is 2.07. The van der Waals surface area contributed by atoms with Crippen molar-refractivity contribution in [2.24, 2.45) is 5.73 Å². The number of nitrogens with two attached hydrogens (primary N) is 1. The second-order valence-electron chi connectivity index (χ2n) is 4.49. The van der Waals surface area contributed by atoms with Crippen molar-refractivity contribution < 1.29 is 4.79 Å². The summed E-state index contributed by atoms with van der Waals surface area (Å²) in [7, 11) is 0. The Bertz CT molecular complexity index is 373. The minimum Gasteiger partial charge on any atom is -0.348 e. The van der Waals surface area contributed by atoms with Gasteiger partial charge in [-0.05, 0) is 43.9 Å². The molecule has 0 unspecified atom stereocenters. The Morgan fingerprint density at radius 1 is 1.50 bits per heavy atom. The summed E-state index contributed by atoms with van der Waals surface area (Å²) in [6, 6.07) is 3.78. The quantitative estimate of drug-likeness (QED) is 0.801. The van der Waals surface area contributed by atoms with E-state index in [0.29, 0.717) is 0 Å². The number of aromatic nitrogens is 1. The summed E-state index contributed by atoms with van der Waals surface area (Å²) < 4.78 is 0. The fourth-order valence-corrected chi connectivity index (χ4v) is 1.86. The van der Waals surface area contributed by atoms with Crippen molar-refractivity contribution in [3.05, 3.63) is 30.1 Å². The van der Waals surface area contributed by atoms with Gasteiger partial charge in [0.15, 0.2) is 0 Å². The molecule has 3 N–H and O–H groups in total. The molecule has 16 heavy (non-hydrogen) atoms. The van der Waals surface area contributed by atoms with Gasteiger partial charge in [-0.25, -0.2) is 0 Å². The first-order chi connectivity index (χ1) is 7.62. The molecule has 1 atom stereocenters. The molecular formula is C12H17N3O. The molecule has 2 rings (SSSR count). The summed E-state index contributed by atoms with van der Waals surface area (Å²) in [5, 5.41) is 2.95. The van der Waals surface area contributed by atoms with Crippen LogP contribution < -0.4 is 11.1 Å². The number of nitrogens with zero attached hydrogens (tertiary/aromatic N) is 1. The van der Waals surface area contributed by atoms with E-state index in [1.807, 2.05) is 19.1 Å². The normalized spacial score (nSPS) is 19.6. The maximum atomic E-state index is 11.9. The van der Waals surface area contributed by atoms with Gasteiger partial charge in [-0.1, -0.05) is 0 Å². The van der Waals surface area contributed by atoms with E-state index in [0.717, 1.165) is 24.8 Å². The van der Waals surface area contributed by atoms with Crippen LogP contribution in [0.4, 0.5) is 0 Å². The lowest BCUT2D eigenvalue weighted by atomic mass is 9.77. The van der Waals surface area contributed by atoms with Gasteiger partial charge in [-0.3, -0.25) is 9.78 Å². The lowest BCUT2D eigenvalue weighted by Gasteiger charge is -2.37. The van der Waals surface area contributed by atoms with Crippen LogP contribution in [-0.2, 0) is 4.79 Å². The first-order valence-electron chi connectivity index (χ1n) is 5.62. The molecule has 1 aromatic heterocycles. The Balaban J connectivity index is 1.97. The average Bonchev–Trinajstić information content (AvgIpc) is 2.27. The SMILES string of the molecule is C[C@@H](NC(=O)C1(N)CCC1)c1ccncc1. The Morgan fingerprint density at radius 2 is 2.12 bits per heavy atom. The molecule has 0 spiro atoms. The minimum atomic E-state index is -0.624. The van der Waals surface area contributed by atoms with Crippen molar-refractivity contribution in [1.82, 2.24) is 10.3 Å². The topological polar surface area (TPSA) is 68.0 Å². The fourth-order valence-electron chi connectivity index (χ4n) is 1.86. The second-order valence-corrected chi connectivity index (χ2v) is 4.49. The van der Waals surface area contributed by atoms with Crippen LogP contribution in [0, 0.1) is 0 Å². The average molecular weight is 219 g/mol. The molecular weight excluding hydrogens is 202 g/mol. The molecule has 4 nitrogen and oxygen atoms in total. The minimum absolute atomic E-state index is 0.0171. The fraction of sp³-hybridized carbons (Fsp3) is 0.500. The van der Waals surface area contributed by atoms with E-state index in [2.05, 4.69) is 10.3 Å². The molecule has 1 aromatic rings. The summed E-state index contributed by atoms with van der Waals surface area (Å²) in [6.07, 6.45) is 6.08. The molecule has 1 fully saturated rings. The molecule has 0 saturated heterocycles. The summed E-state index contributed by atoms with van der Waals surface area (Å²) in [5.74, 6) is -0.0388. The molecule has 1 amide bonds. The molecule has 86 valence electrons. The largest absolute Gasteiger partial charge is 0.348 e. The van der Waals surface area contributed by atoms with Gasteiger partial charge in [0.05, 0.1) is 11.6 Å². The molecule has 1 aliphatic carbocycles. The van der Waals surface area contributed by atoms with Gasteiger partial charge in [0.1, 0.15) is 0 Å². The highest BCUT2D eigenvalue weighted by Gasteiger charge is 2.40. The summed E-state index contributed by atoms with van der Waals surface area (Å²) in [4.78, 5) is 15.8. The van der Waals surface area contributed by atoms with E-state index in [-0.39, 0.29) is 11.9 Å². The first kappa shape index (κ1) is 11.1. The molecule has 1 saturated carbocycles. The van der Waals surface area contributed by atoms with Gasteiger partial charge in [0, 0.05) is 12.4 Å². The monoisotopic (exact) mass is 219 g/mol. The number of rotatable bonds is 3. The van der Waals surface area contributed by atoms with Crippen LogP contribution in [0.25, 0.3) is 0 Å². The van der Waals surface area contributed by atoms with Crippen LogP contribution in [0.5, 0.6) is 0 Å². The number of carbonyl (C=O) groups is 1. The zero-order valence-corrected chi connectivity index (χ0v) is 9.44. The van der Waals surface area contributed by atoms with Crippen LogP contribution in [0.15, 0.2) is 24.5 Å². The Labute approximate surface area is 95.3 Å². The number of pyridine rings is 1. The Hall–Kier alpha value is -1.42. The smallest absolute Gasteiger partial charge is 0.240 e. The van der Waals surface area contributed by atoms with Gasteiger partial charge in [0.2, 0.25) is 5.91 Å². The van der Waals surface area contributed by atoms with Gasteiger partial charge in [-0.15, -0.1) is 0 Å². The zero-order chi connectivity index (χ0) is 11.6. The molecule has 1 aliphatic rings. The van der Waals surface area contributed by atoms with Crippen molar-refractivity contribution in [2.45, 2.75) is 37.8 Å². The molecule has 0 radical (unpaired) electrons. The van der Waals surface area contributed by atoms with Crippen molar-refractivity contribution >= 4 is 5.91 Å². The third-order valence-electron chi connectivity index (χ3n) is 3.25. The maximum Gasteiger partial charge on any atom is 0.240 e. The van der Waals surface area contributed by atoms with Gasteiger partial charge >= 0.3 is 0 Å². The van der Waals surface area contributed by atoms with E-state index in [9.17, 15) is 4.79 Å². The van der Waals surface area contributed by atoms with Gasteiger partial charge < -0.3 is 11.1 Å². The zero-order valence-electron chi connectivity index (χ0n) is 9.44. The first-order valence-corrected chi connectivity index (χ1v) is 5.62. The molecule has 1 heterocycles. The van der Waals surface area contributed by atoms with Gasteiger partial charge in [0.25, 0.3) is 0 Å². The highest BCUT2D eigenvalue weighted by molar-refractivity contribution is 5.87.